The zero-order chi connectivity index (χ0) is 13.2. The molecular formula is C14H21N3O2. The molecule has 0 bridgehead atoms. The number of nitrogens with zero attached hydrogens (tertiary/aromatic N) is 2. The monoisotopic (exact) mass is 263 g/mol. The van der Waals surface area contributed by atoms with Crippen LogP contribution >= 0.6 is 0 Å². The normalized spacial score (nSPS) is 21.3. The van der Waals surface area contributed by atoms with Crippen molar-refractivity contribution in [2.24, 2.45) is 5.73 Å². The Kier molecular flexibility index (Phi) is 3.48. The van der Waals surface area contributed by atoms with Crippen molar-refractivity contribution in [3.05, 3.63) is 18.2 Å². The first-order chi connectivity index (χ1) is 9.25. The Balaban J connectivity index is 1.77. The summed E-state index contributed by atoms with van der Waals surface area (Å²) in [6.07, 6.45) is 0.131. The standard InChI is InChI=1S/C14H21N3O2/c1-11(15)16-5-7-17(8-6-16)12-3-2-4-13-14(12)19-10-9-18-13/h2-4,11H,5-10,15H2,1H3. The van der Waals surface area contributed by atoms with Gasteiger partial charge in [-0.1, -0.05) is 6.07 Å². The SMILES string of the molecule is CC(N)N1CCN(c2cccc3c2OCCO3)CC1. The molecule has 2 aliphatic heterocycles. The van der Waals surface area contributed by atoms with Crippen molar-refractivity contribution in [2.75, 3.05) is 44.3 Å². The summed E-state index contributed by atoms with van der Waals surface area (Å²) < 4.78 is 11.4. The van der Waals surface area contributed by atoms with E-state index in [1.54, 1.807) is 0 Å². The van der Waals surface area contributed by atoms with Gasteiger partial charge in [0.25, 0.3) is 0 Å². The molecule has 1 aromatic carbocycles. The summed E-state index contributed by atoms with van der Waals surface area (Å²) in [5.41, 5.74) is 7.07. The molecule has 0 aliphatic carbocycles. The van der Waals surface area contributed by atoms with Crippen molar-refractivity contribution in [3.63, 3.8) is 0 Å². The molecule has 5 heteroatoms. The molecule has 3 rings (SSSR count). The van der Waals surface area contributed by atoms with Crippen LogP contribution in [0.5, 0.6) is 11.5 Å². The Bertz CT molecular complexity index is 442. The van der Waals surface area contributed by atoms with Crippen molar-refractivity contribution in [3.8, 4) is 11.5 Å². The van der Waals surface area contributed by atoms with Gasteiger partial charge in [0, 0.05) is 26.2 Å². The zero-order valence-electron chi connectivity index (χ0n) is 11.3. The second-order valence-corrected chi connectivity index (χ2v) is 5.06. The van der Waals surface area contributed by atoms with Crippen LogP contribution in [-0.4, -0.2) is 50.5 Å². The maximum Gasteiger partial charge on any atom is 0.184 e. The molecule has 1 unspecified atom stereocenters. The second kappa shape index (κ2) is 5.27. The molecule has 2 heterocycles. The van der Waals surface area contributed by atoms with Gasteiger partial charge in [0.05, 0.1) is 11.9 Å². The maximum absolute atomic E-state index is 5.92. The number of nitrogens with two attached hydrogens (primary N) is 1. The summed E-state index contributed by atoms with van der Waals surface area (Å²) in [5, 5.41) is 0. The fourth-order valence-corrected chi connectivity index (χ4v) is 2.68. The van der Waals surface area contributed by atoms with Crippen molar-refractivity contribution >= 4 is 5.69 Å². The van der Waals surface area contributed by atoms with Crippen LogP contribution in [0.25, 0.3) is 0 Å². The minimum absolute atomic E-state index is 0.131. The van der Waals surface area contributed by atoms with E-state index in [1.807, 2.05) is 19.1 Å². The van der Waals surface area contributed by atoms with Crippen LogP contribution in [0.2, 0.25) is 0 Å². The minimum Gasteiger partial charge on any atom is -0.486 e. The second-order valence-electron chi connectivity index (χ2n) is 5.06. The Morgan fingerprint density at radius 3 is 2.58 bits per heavy atom. The highest BCUT2D eigenvalue weighted by atomic mass is 16.6. The van der Waals surface area contributed by atoms with Crippen LogP contribution in [0.4, 0.5) is 5.69 Å². The first kappa shape index (κ1) is 12.6. The van der Waals surface area contributed by atoms with E-state index in [0.29, 0.717) is 13.2 Å². The molecule has 0 aromatic heterocycles. The highest BCUT2D eigenvalue weighted by molar-refractivity contribution is 5.65. The quantitative estimate of drug-likeness (QED) is 0.858. The maximum atomic E-state index is 5.92. The number of hydrogen-bond donors (Lipinski definition) is 1. The van der Waals surface area contributed by atoms with Crippen LogP contribution in [0, 0.1) is 0 Å². The van der Waals surface area contributed by atoms with Crippen molar-refractivity contribution < 1.29 is 9.47 Å². The predicted molar refractivity (Wildman–Crippen MR) is 74.9 cm³/mol. The molecular weight excluding hydrogens is 242 g/mol. The summed E-state index contributed by atoms with van der Waals surface area (Å²) in [6.45, 7) is 7.23. The van der Waals surface area contributed by atoms with Gasteiger partial charge in [-0.3, -0.25) is 4.90 Å². The summed E-state index contributed by atoms with van der Waals surface area (Å²) in [7, 11) is 0. The molecule has 1 saturated heterocycles. The Hall–Kier alpha value is -1.46. The molecule has 1 atom stereocenters. The lowest BCUT2D eigenvalue weighted by Crippen LogP contribution is -2.52. The van der Waals surface area contributed by atoms with Crippen LogP contribution in [0.3, 0.4) is 0 Å². The van der Waals surface area contributed by atoms with E-state index >= 15 is 0 Å². The van der Waals surface area contributed by atoms with Crippen LogP contribution < -0.4 is 20.1 Å². The lowest BCUT2D eigenvalue weighted by atomic mass is 10.2. The van der Waals surface area contributed by atoms with Gasteiger partial charge in [-0.05, 0) is 19.1 Å². The molecule has 0 spiro atoms. The fraction of sp³-hybridized carbons (Fsp3) is 0.571. The first-order valence-corrected chi connectivity index (χ1v) is 6.89. The largest absolute Gasteiger partial charge is 0.486 e. The van der Waals surface area contributed by atoms with Gasteiger partial charge in [-0.15, -0.1) is 0 Å². The van der Waals surface area contributed by atoms with Crippen LogP contribution in [0.15, 0.2) is 18.2 Å². The average Bonchev–Trinajstić information content (AvgIpc) is 2.47. The van der Waals surface area contributed by atoms with Gasteiger partial charge in [-0.2, -0.15) is 0 Å². The third-order valence-electron chi connectivity index (χ3n) is 3.78. The van der Waals surface area contributed by atoms with E-state index in [-0.39, 0.29) is 6.17 Å². The lowest BCUT2D eigenvalue weighted by molar-refractivity contribution is 0.170. The Morgan fingerprint density at radius 2 is 1.84 bits per heavy atom. The van der Waals surface area contributed by atoms with Gasteiger partial charge in [-0.25, -0.2) is 0 Å². The zero-order valence-corrected chi connectivity index (χ0v) is 11.3. The number of benzene rings is 1. The first-order valence-electron chi connectivity index (χ1n) is 6.89. The van der Waals surface area contributed by atoms with E-state index in [0.717, 1.165) is 43.4 Å². The number of ether oxygens (including phenoxy) is 2. The molecule has 0 radical (unpaired) electrons. The highest BCUT2D eigenvalue weighted by Crippen LogP contribution is 2.39. The molecule has 19 heavy (non-hydrogen) atoms. The van der Waals surface area contributed by atoms with Gasteiger partial charge >= 0.3 is 0 Å². The topological polar surface area (TPSA) is 51.0 Å². The molecule has 0 saturated carbocycles. The molecule has 1 fully saturated rings. The summed E-state index contributed by atoms with van der Waals surface area (Å²) in [5.74, 6) is 1.75. The van der Waals surface area contributed by atoms with Gasteiger partial charge in [0.1, 0.15) is 13.2 Å². The lowest BCUT2D eigenvalue weighted by Gasteiger charge is -2.38. The highest BCUT2D eigenvalue weighted by Gasteiger charge is 2.24. The molecule has 104 valence electrons. The third-order valence-corrected chi connectivity index (χ3v) is 3.78. The number of rotatable bonds is 2. The molecule has 2 aliphatic rings. The van der Waals surface area contributed by atoms with Crippen molar-refractivity contribution in [1.82, 2.24) is 4.90 Å². The van der Waals surface area contributed by atoms with Crippen molar-refractivity contribution in [1.29, 1.82) is 0 Å². The predicted octanol–water partition coefficient (Wildman–Crippen LogP) is 0.884. The van der Waals surface area contributed by atoms with Gasteiger partial charge < -0.3 is 20.1 Å². The summed E-state index contributed by atoms with van der Waals surface area (Å²) in [4.78, 5) is 4.65. The average molecular weight is 263 g/mol. The Morgan fingerprint density at radius 1 is 1.11 bits per heavy atom. The minimum atomic E-state index is 0.131. The van der Waals surface area contributed by atoms with Crippen molar-refractivity contribution in [2.45, 2.75) is 13.1 Å². The van der Waals surface area contributed by atoms with E-state index in [2.05, 4.69) is 15.9 Å². The fourth-order valence-electron chi connectivity index (χ4n) is 2.68. The van der Waals surface area contributed by atoms with Gasteiger partial charge in [0.15, 0.2) is 11.5 Å². The third kappa shape index (κ3) is 2.48. The molecule has 2 N–H and O–H groups in total. The number of fused-ring (bicyclic) bond motifs is 1. The molecule has 0 amide bonds. The summed E-state index contributed by atoms with van der Waals surface area (Å²) >= 11 is 0. The molecule has 5 nitrogen and oxygen atoms in total. The molecule has 1 aromatic rings. The van der Waals surface area contributed by atoms with Crippen LogP contribution in [0.1, 0.15) is 6.92 Å². The number of para-hydroxylation sites is 1. The van der Waals surface area contributed by atoms with E-state index < -0.39 is 0 Å². The van der Waals surface area contributed by atoms with Gasteiger partial charge in [0.2, 0.25) is 0 Å². The summed E-state index contributed by atoms with van der Waals surface area (Å²) in [6, 6.07) is 6.10. The number of hydrogen-bond acceptors (Lipinski definition) is 5. The number of piperazine rings is 1. The van der Waals surface area contributed by atoms with E-state index in [4.69, 9.17) is 15.2 Å². The van der Waals surface area contributed by atoms with E-state index in [9.17, 15) is 0 Å². The van der Waals surface area contributed by atoms with Crippen LogP contribution in [-0.2, 0) is 0 Å². The number of anilines is 1. The Labute approximate surface area is 113 Å². The van der Waals surface area contributed by atoms with E-state index in [1.165, 1.54) is 0 Å². The smallest absolute Gasteiger partial charge is 0.184 e.